The van der Waals surface area contributed by atoms with Gasteiger partial charge in [-0.2, -0.15) is 0 Å². The van der Waals surface area contributed by atoms with Gasteiger partial charge in [-0.1, -0.05) is 19.9 Å². The summed E-state index contributed by atoms with van der Waals surface area (Å²) in [5.74, 6) is -0.192. The molecule has 1 aliphatic rings. The molecule has 68 valence electrons. The molecule has 0 aromatic rings. The van der Waals surface area contributed by atoms with Crippen LogP contribution >= 0.6 is 0 Å². The molecule has 0 aromatic heterocycles. The van der Waals surface area contributed by atoms with E-state index in [9.17, 15) is 4.79 Å². The van der Waals surface area contributed by atoms with Crippen LogP contribution in [-0.4, -0.2) is 12.1 Å². The molecule has 2 heteroatoms. The molecule has 1 rings (SSSR count). The van der Waals surface area contributed by atoms with Crippen LogP contribution < -0.4 is 0 Å². The van der Waals surface area contributed by atoms with Crippen molar-refractivity contribution in [3.05, 3.63) is 12.2 Å². The number of carbonyl (C=O) groups excluding carboxylic acids is 1. The molecule has 0 aliphatic heterocycles. The third-order valence-electron chi connectivity index (χ3n) is 2.09. The number of ether oxygens (including phenoxy) is 1. The molecular formula is C10H16O2. The molecule has 2 nitrogen and oxygen atoms in total. The van der Waals surface area contributed by atoms with E-state index in [1.54, 1.807) is 0 Å². The van der Waals surface area contributed by atoms with Gasteiger partial charge in [0.15, 0.2) is 0 Å². The second-order valence-electron chi connectivity index (χ2n) is 4.15. The van der Waals surface area contributed by atoms with Crippen LogP contribution in [0, 0.1) is 5.41 Å². The summed E-state index contributed by atoms with van der Waals surface area (Å²) < 4.78 is 5.10. The van der Waals surface area contributed by atoms with E-state index in [-0.39, 0.29) is 17.5 Å². The number of rotatable bonds is 1. The van der Waals surface area contributed by atoms with Gasteiger partial charge in [0, 0.05) is 6.92 Å². The Morgan fingerprint density at radius 2 is 2.25 bits per heavy atom. The monoisotopic (exact) mass is 168 g/mol. The molecule has 0 heterocycles. The predicted molar refractivity (Wildman–Crippen MR) is 47.7 cm³/mol. The van der Waals surface area contributed by atoms with E-state index in [1.165, 1.54) is 6.92 Å². The standard InChI is InChI=1S/C10H16O2/c1-8(11)12-9-5-4-6-10(2,3)7-9/h4-5,9H,6-7H2,1-3H3/t9-/m0/s1. The summed E-state index contributed by atoms with van der Waals surface area (Å²) in [7, 11) is 0. The molecule has 0 spiro atoms. The highest BCUT2D eigenvalue weighted by molar-refractivity contribution is 5.66. The van der Waals surface area contributed by atoms with Gasteiger partial charge in [-0.15, -0.1) is 0 Å². The van der Waals surface area contributed by atoms with Crippen molar-refractivity contribution in [2.24, 2.45) is 5.41 Å². The average Bonchev–Trinajstić information content (AvgIpc) is 1.82. The molecule has 1 atom stereocenters. The maximum Gasteiger partial charge on any atom is 0.303 e. The van der Waals surface area contributed by atoms with Crippen LogP contribution in [-0.2, 0) is 9.53 Å². The molecule has 0 bridgehead atoms. The van der Waals surface area contributed by atoms with E-state index in [0.717, 1.165) is 12.8 Å². The van der Waals surface area contributed by atoms with Gasteiger partial charge in [0.05, 0.1) is 0 Å². The van der Waals surface area contributed by atoms with E-state index in [4.69, 9.17) is 4.74 Å². The lowest BCUT2D eigenvalue weighted by molar-refractivity contribution is -0.145. The minimum atomic E-state index is -0.192. The lowest BCUT2D eigenvalue weighted by atomic mass is 9.80. The summed E-state index contributed by atoms with van der Waals surface area (Å²) in [5, 5.41) is 0. The SMILES string of the molecule is CC(=O)O[C@H]1C=CCC(C)(C)C1. The fourth-order valence-electron chi connectivity index (χ4n) is 1.53. The van der Waals surface area contributed by atoms with Crippen LogP contribution in [0.2, 0.25) is 0 Å². The fraction of sp³-hybridized carbons (Fsp3) is 0.700. The summed E-state index contributed by atoms with van der Waals surface area (Å²) in [6, 6.07) is 0. The summed E-state index contributed by atoms with van der Waals surface area (Å²) in [6.45, 7) is 5.83. The van der Waals surface area contributed by atoms with Crippen molar-refractivity contribution in [1.29, 1.82) is 0 Å². The minimum Gasteiger partial charge on any atom is -0.458 e. The van der Waals surface area contributed by atoms with E-state index < -0.39 is 0 Å². The number of carbonyl (C=O) groups is 1. The molecule has 0 saturated heterocycles. The topological polar surface area (TPSA) is 26.3 Å². The quantitative estimate of drug-likeness (QED) is 0.443. The van der Waals surface area contributed by atoms with Crippen molar-refractivity contribution in [1.82, 2.24) is 0 Å². The van der Waals surface area contributed by atoms with Crippen LogP contribution in [0.1, 0.15) is 33.6 Å². The minimum absolute atomic E-state index is 0.00810. The predicted octanol–water partition coefficient (Wildman–Crippen LogP) is 2.29. The van der Waals surface area contributed by atoms with Crippen molar-refractivity contribution in [2.45, 2.75) is 39.7 Å². The third kappa shape index (κ3) is 2.68. The van der Waals surface area contributed by atoms with Crippen molar-refractivity contribution < 1.29 is 9.53 Å². The number of esters is 1. The highest BCUT2D eigenvalue weighted by Crippen LogP contribution is 2.32. The molecule has 0 unspecified atom stereocenters. The maximum atomic E-state index is 10.7. The van der Waals surface area contributed by atoms with Crippen LogP contribution in [0.3, 0.4) is 0 Å². The van der Waals surface area contributed by atoms with Gasteiger partial charge >= 0.3 is 5.97 Å². The normalized spacial score (nSPS) is 26.8. The lowest BCUT2D eigenvalue weighted by Crippen LogP contribution is -2.26. The van der Waals surface area contributed by atoms with Gasteiger partial charge in [-0.25, -0.2) is 0 Å². The first-order valence-corrected chi connectivity index (χ1v) is 4.33. The Morgan fingerprint density at radius 3 is 2.75 bits per heavy atom. The Kier molecular flexibility index (Phi) is 2.55. The summed E-state index contributed by atoms with van der Waals surface area (Å²) in [5.41, 5.74) is 0.273. The lowest BCUT2D eigenvalue weighted by Gasteiger charge is -2.30. The molecule has 0 aromatic carbocycles. The van der Waals surface area contributed by atoms with Gasteiger partial charge < -0.3 is 4.74 Å². The number of hydrogen-bond acceptors (Lipinski definition) is 2. The van der Waals surface area contributed by atoms with E-state index in [0.29, 0.717) is 0 Å². The van der Waals surface area contributed by atoms with Crippen LogP contribution in [0.4, 0.5) is 0 Å². The Hall–Kier alpha value is -0.790. The maximum absolute atomic E-state index is 10.7. The first-order valence-electron chi connectivity index (χ1n) is 4.33. The van der Waals surface area contributed by atoms with E-state index in [1.807, 2.05) is 6.08 Å². The molecule has 0 radical (unpaired) electrons. The summed E-state index contributed by atoms with van der Waals surface area (Å²) in [4.78, 5) is 10.7. The zero-order valence-electron chi connectivity index (χ0n) is 7.96. The van der Waals surface area contributed by atoms with Crippen LogP contribution in [0.25, 0.3) is 0 Å². The molecule has 1 aliphatic carbocycles. The van der Waals surface area contributed by atoms with Crippen molar-refractivity contribution in [3.8, 4) is 0 Å². The van der Waals surface area contributed by atoms with E-state index in [2.05, 4.69) is 19.9 Å². The first-order chi connectivity index (χ1) is 5.49. The summed E-state index contributed by atoms with van der Waals surface area (Å²) in [6.07, 6.45) is 6.07. The van der Waals surface area contributed by atoms with Crippen LogP contribution in [0.5, 0.6) is 0 Å². The zero-order valence-corrected chi connectivity index (χ0v) is 7.96. The highest BCUT2D eigenvalue weighted by Gasteiger charge is 2.25. The second kappa shape index (κ2) is 3.30. The molecule has 12 heavy (non-hydrogen) atoms. The van der Waals surface area contributed by atoms with Gasteiger partial charge in [0.2, 0.25) is 0 Å². The molecular weight excluding hydrogens is 152 g/mol. The molecule has 0 saturated carbocycles. The number of allylic oxidation sites excluding steroid dienone is 1. The third-order valence-corrected chi connectivity index (χ3v) is 2.09. The first kappa shape index (κ1) is 9.30. The van der Waals surface area contributed by atoms with Crippen LogP contribution in [0.15, 0.2) is 12.2 Å². The van der Waals surface area contributed by atoms with Gasteiger partial charge in [-0.05, 0) is 24.3 Å². The second-order valence-corrected chi connectivity index (χ2v) is 4.15. The van der Waals surface area contributed by atoms with Crippen molar-refractivity contribution >= 4 is 5.97 Å². The Balaban J connectivity index is 2.52. The number of hydrogen-bond donors (Lipinski definition) is 0. The van der Waals surface area contributed by atoms with Crippen molar-refractivity contribution in [2.75, 3.05) is 0 Å². The van der Waals surface area contributed by atoms with Gasteiger partial charge in [-0.3, -0.25) is 4.79 Å². The van der Waals surface area contributed by atoms with Crippen molar-refractivity contribution in [3.63, 3.8) is 0 Å². The highest BCUT2D eigenvalue weighted by atomic mass is 16.5. The van der Waals surface area contributed by atoms with Gasteiger partial charge in [0.1, 0.15) is 6.10 Å². The Bertz CT molecular complexity index is 204. The zero-order chi connectivity index (χ0) is 9.19. The largest absolute Gasteiger partial charge is 0.458 e. The molecule has 0 N–H and O–H groups in total. The average molecular weight is 168 g/mol. The smallest absolute Gasteiger partial charge is 0.303 e. The Morgan fingerprint density at radius 1 is 1.58 bits per heavy atom. The van der Waals surface area contributed by atoms with Gasteiger partial charge in [0.25, 0.3) is 0 Å². The summed E-state index contributed by atoms with van der Waals surface area (Å²) >= 11 is 0. The Labute approximate surface area is 73.6 Å². The molecule has 0 amide bonds. The molecule has 0 fully saturated rings. The fourth-order valence-corrected chi connectivity index (χ4v) is 1.53. The van der Waals surface area contributed by atoms with E-state index >= 15 is 0 Å².